The van der Waals surface area contributed by atoms with Gasteiger partial charge in [-0.15, -0.1) is 0 Å². The molecule has 0 radical (unpaired) electrons. The second-order valence-electron chi connectivity index (χ2n) is 7.10. The molecule has 2 aliphatic rings. The summed E-state index contributed by atoms with van der Waals surface area (Å²) < 4.78 is 5.25. The molecule has 1 fully saturated rings. The third-order valence-corrected chi connectivity index (χ3v) is 5.47. The monoisotopic (exact) mass is 392 g/mol. The summed E-state index contributed by atoms with van der Waals surface area (Å²) in [6.07, 6.45) is 4.19. The first kappa shape index (κ1) is 18.9. The Bertz CT molecular complexity index is 1020. The van der Waals surface area contributed by atoms with Gasteiger partial charge in [-0.05, 0) is 25.0 Å². The number of para-hydroxylation sites is 1. The topological polar surface area (TPSA) is 89.8 Å². The molecule has 148 valence electrons. The van der Waals surface area contributed by atoms with Crippen molar-refractivity contribution in [2.75, 3.05) is 11.5 Å². The maximum atomic E-state index is 13.4. The third-order valence-electron chi connectivity index (χ3n) is 5.47. The zero-order valence-electron chi connectivity index (χ0n) is 15.9. The van der Waals surface area contributed by atoms with Gasteiger partial charge in [-0.3, -0.25) is 19.7 Å². The van der Waals surface area contributed by atoms with Crippen LogP contribution in [0.25, 0.3) is 6.08 Å². The number of ketones is 1. The molecular weight excluding hydrogens is 372 g/mol. The number of anilines is 1. The number of Topliss-reactive ketones (excluding diaryl/α,β-unsaturated/α-hetero) is 1. The van der Waals surface area contributed by atoms with E-state index >= 15 is 0 Å². The van der Waals surface area contributed by atoms with E-state index in [-0.39, 0.29) is 35.7 Å². The van der Waals surface area contributed by atoms with Gasteiger partial charge in [0.2, 0.25) is 0 Å². The quantitative estimate of drug-likeness (QED) is 0.334. The van der Waals surface area contributed by atoms with Crippen molar-refractivity contribution in [3.63, 3.8) is 0 Å². The molecule has 0 saturated carbocycles. The first-order valence-electron chi connectivity index (χ1n) is 9.52. The summed E-state index contributed by atoms with van der Waals surface area (Å²) >= 11 is 0. The summed E-state index contributed by atoms with van der Waals surface area (Å²) in [5.74, 6) is -1.05. The molecule has 2 aromatic rings. The van der Waals surface area contributed by atoms with Crippen LogP contribution in [0, 0.1) is 16.0 Å². The van der Waals surface area contributed by atoms with E-state index in [1.807, 2.05) is 41.3 Å². The van der Waals surface area contributed by atoms with Crippen molar-refractivity contribution in [3.8, 4) is 0 Å². The minimum absolute atomic E-state index is 0.133. The largest absolute Gasteiger partial charge is 0.466 e. The Morgan fingerprint density at radius 1 is 1.21 bits per heavy atom. The number of hydrogen-bond donors (Lipinski definition) is 0. The Balaban J connectivity index is 1.75. The Morgan fingerprint density at radius 3 is 2.76 bits per heavy atom. The highest BCUT2D eigenvalue weighted by Crippen LogP contribution is 2.42. The van der Waals surface area contributed by atoms with E-state index in [9.17, 15) is 19.7 Å². The van der Waals surface area contributed by atoms with E-state index in [0.717, 1.165) is 11.3 Å². The lowest BCUT2D eigenvalue weighted by Gasteiger charge is -2.35. The first-order valence-corrected chi connectivity index (χ1v) is 9.52. The molecular formula is C22H20N2O5. The highest BCUT2D eigenvalue weighted by molar-refractivity contribution is 6.04. The highest BCUT2D eigenvalue weighted by Gasteiger charge is 2.48. The lowest BCUT2D eigenvalue weighted by atomic mass is 9.95. The SMILES string of the molecule is CCOC(=O)C1CC(C(=O)c2cccc([N+](=O)[O-])c2)N2c3ccccc3C=CC12. The molecule has 0 bridgehead atoms. The Labute approximate surface area is 167 Å². The molecule has 1 saturated heterocycles. The normalized spacial score (nSPS) is 22.0. The van der Waals surface area contributed by atoms with Crippen molar-refractivity contribution in [2.24, 2.45) is 5.92 Å². The number of benzene rings is 2. The molecule has 2 aliphatic heterocycles. The van der Waals surface area contributed by atoms with Gasteiger partial charge < -0.3 is 9.64 Å². The summed E-state index contributed by atoms with van der Waals surface area (Å²) in [4.78, 5) is 38.5. The molecule has 2 heterocycles. The Kier molecular flexibility index (Phi) is 4.88. The van der Waals surface area contributed by atoms with Gasteiger partial charge in [0.05, 0.1) is 29.5 Å². The fraction of sp³-hybridized carbons (Fsp3) is 0.273. The van der Waals surface area contributed by atoms with E-state index in [1.54, 1.807) is 13.0 Å². The summed E-state index contributed by atoms with van der Waals surface area (Å²) in [5, 5.41) is 11.1. The van der Waals surface area contributed by atoms with E-state index < -0.39 is 16.9 Å². The van der Waals surface area contributed by atoms with E-state index in [0.29, 0.717) is 6.42 Å². The molecule has 7 nitrogen and oxygen atoms in total. The molecule has 0 amide bonds. The van der Waals surface area contributed by atoms with Crippen LogP contribution in [0.2, 0.25) is 0 Å². The molecule has 3 unspecified atom stereocenters. The van der Waals surface area contributed by atoms with Gasteiger partial charge >= 0.3 is 5.97 Å². The molecule has 0 aliphatic carbocycles. The second kappa shape index (κ2) is 7.50. The van der Waals surface area contributed by atoms with Crippen LogP contribution in [0.5, 0.6) is 0 Å². The van der Waals surface area contributed by atoms with Crippen LogP contribution >= 0.6 is 0 Å². The second-order valence-corrected chi connectivity index (χ2v) is 7.10. The summed E-state index contributed by atoms with van der Waals surface area (Å²) in [6.45, 7) is 2.02. The van der Waals surface area contributed by atoms with Crippen molar-refractivity contribution in [1.29, 1.82) is 0 Å². The molecule has 3 atom stereocenters. The molecule has 0 N–H and O–H groups in total. The zero-order valence-corrected chi connectivity index (χ0v) is 15.9. The average Bonchev–Trinajstić information content (AvgIpc) is 3.14. The van der Waals surface area contributed by atoms with Crippen LogP contribution < -0.4 is 4.90 Å². The van der Waals surface area contributed by atoms with Gasteiger partial charge in [-0.1, -0.05) is 42.5 Å². The fourth-order valence-electron chi connectivity index (χ4n) is 4.20. The van der Waals surface area contributed by atoms with Crippen molar-refractivity contribution in [3.05, 3.63) is 75.8 Å². The van der Waals surface area contributed by atoms with Gasteiger partial charge in [0.1, 0.15) is 0 Å². The van der Waals surface area contributed by atoms with Crippen LogP contribution in [0.15, 0.2) is 54.6 Å². The molecule has 2 aromatic carbocycles. The van der Waals surface area contributed by atoms with Crippen LogP contribution in [0.1, 0.15) is 29.3 Å². The predicted octanol–water partition coefficient (Wildman–Crippen LogP) is 3.63. The maximum absolute atomic E-state index is 13.4. The number of non-ortho nitro benzene ring substituents is 1. The summed E-state index contributed by atoms with van der Waals surface area (Å²) in [6, 6.07) is 12.5. The van der Waals surface area contributed by atoms with Gasteiger partial charge in [-0.25, -0.2) is 0 Å². The minimum Gasteiger partial charge on any atom is -0.466 e. The zero-order chi connectivity index (χ0) is 20.5. The number of esters is 1. The van der Waals surface area contributed by atoms with Gasteiger partial charge in [-0.2, -0.15) is 0 Å². The number of fused-ring (bicyclic) bond motifs is 3. The Morgan fingerprint density at radius 2 is 2.00 bits per heavy atom. The number of nitro groups is 1. The van der Waals surface area contributed by atoms with Gasteiger partial charge in [0.15, 0.2) is 5.78 Å². The first-order chi connectivity index (χ1) is 14.0. The Hall–Kier alpha value is -3.48. The summed E-state index contributed by atoms with van der Waals surface area (Å²) in [7, 11) is 0. The number of ether oxygens (including phenoxy) is 1. The lowest BCUT2D eigenvalue weighted by Crippen LogP contribution is -2.43. The van der Waals surface area contributed by atoms with Crippen molar-refractivity contribution < 1.29 is 19.2 Å². The fourth-order valence-corrected chi connectivity index (χ4v) is 4.20. The van der Waals surface area contributed by atoms with Gasteiger partial charge in [0.25, 0.3) is 5.69 Å². The van der Waals surface area contributed by atoms with Crippen molar-refractivity contribution in [2.45, 2.75) is 25.4 Å². The number of nitrogens with zero attached hydrogens (tertiary/aromatic N) is 2. The number of carbonyl (C=O) groups is 2. The molecule has 7 heteroatoms. The standard InChI is InChI=1S/C22H20N2O5/c1-2-29-22(26)17-13-20(21(25)15-7-5-8-16(12-15)24(27)28)23-18-9-4-3-6-14(18)10-11-19(17)23/h3-12,17,19-20H,2,13H2,1H3. The molecule has 4 rings (SSSR count). The van der Waals surface area contributed by atoms with Crippen LogP contribution in [0.3, 0.4) is 0 Å². The van der Waals surface area contributed by atoms with E-state index in [4.69, 9.17) is 4.74 Å². The van der Waals surface area contributed by atoms with E-state index in [2.05, 4.69) is 0 Å². The van der Waals surface area contributed by atoms with Crippen molar-refractivity contribution >= 4 is 29.2 Å². The van der Waals surface area contributed by atoms with E-state index in [1.165, 1.54) is 18.2 Å². The molecule has 0 aromatic heterocycles. The smallest absolute Gasteiger partial charge is 0.311 e. The number of hydrogen-bond acceptors (Lipinski definition) is 6. The highest BCUT2D eigenvalue weighted by atomic mass is 16.6. The number of nitro benzene ring substituents is 1. The van der Waals surface area contributed by atoms with Crippen LogP contribution in [-0.4, -0.2) is 35.4 Å². The van der Waals surface area contributed by atoms with Crippen molar-refractivity contribution in [1.82, 2.24) is 0 Å². The van der Waals surface area contributed by atoms with Gasteiger partial charge in [0, 0.05) is 23.4 Å². The summed E-state index contributed by atoms with van der Waals surface area (Å²) in [5.41, 5.74) is 1.96. The maximum Gasteiger partial charge on any atom is 0.311 e. The predicted molar refractivity (Wildman–Crippen MR) is 108 cm³/mol. The average molecular weight is 392 g/mol. The number of carbonyl (C=O) groups excluding carboxylic acids is 2. The lowest BCUT2D eigenvalue weighted by molar-refractivity contribution is -0.384. The van der Waals surface area contributed by atoms with Crippen LogP contribution in [-0.2, 0) is 9.53 Å². The molecule has 0 spiro atoms. The molecule has 29 heavy (non-hydrogen) atoms. The number of rotatable bonds is 5. The third kappa shape index (κ3) is 3.29. The van der Waals surface area contributed by atoms with Crippen LogP contribution in [0.4, 0.5) is 11.4 Å². The minimum atomic E-state index is -0.609.